The standard InChI is InChI=1S/C19H16ClN5/c1-13-7-8-15(9-17(13)20)25-19-16(11-24-25)18(22-12-23-19)21-10-14-5-3-2-4-6-14/h2-9,11-12H,10H2,1H3,(H,21,22,23). The van der Waals surface area contributed by atoms with Crippen molar-refractivity contribution in [3.63, 3.8) is 0 Å². The molecule has 0 amide bonds. The monoisotopic (exact) mass is 349 g/mol. The van der Waals surface area contributed by atoms with Gasteiger partial charge in [-0.15, -0.1) is 0 Å². The third-order valence-electron chi connectivity index (χ3n) is 4.07. The molecule has 0 aliphatic carbocycles. The number of hydrogen-bond acceptors (Lipinski definition) is 4. The Morgan fingerprint density at radius 3 is 2.72 bits per heavy atom. The van der Waals surface area contributed by atoms with Crippen molar-refractivity contribution < 1.29 is 0 Å². The van der Waals surface area contributed by atoms with Crippen molar-refractivity contribution in [2.75, 3.05) is 5.32 Å². The van der Waals surface area contributed by atoms with Crippen LogP contribution in [0.1, 0.15) is 11.1 Å². The molecule has 0 radical (unpaired) electrons. The molecule has 0 spiro atoms. The molecule has 0 saturated heterocycles. The van der Waals surface area contributed by atoms with E-state index in [0.29, 0.717) is 11.6 Å². The van der Waals surface area contributed by atoms with Crippen molar-refractivity contribution in [2.45, 2.75) is 13.5 Å². The minimum absolute atomic E-state index is 0.689. The molecule has 25 heavy (non-hydrogen) atoms. The molecule has 124 valence electrons. The summed E-state index contributed by atoms with van der Waals surface area (Å²) in [5.41, 5.74) is 3.83. The molecule has 2 aromatic carbocycles. The number of rotatable bonds is 4. The van der Waals surface area contributed by atoms with Crippen LogP contribution in [0.5, 0.6) is 0 Å². The summed E-state index contributed by atoms with van der Waals surface area (Å²) >= 11 is 6.24. The summed E-state index contributed by atoms with van der Waals surface area (Å²) in [7, 11) is 0. The molecule has 2 heterocycles. The van der Waals surface area contributed by atoms with Crippen LogP contribution in [-0.4, -0.2) is 19.7 Å². The Kier molecular flexibility index (Phi) is 4.07. The molecule has 0 fully saturated rings. The van der Waals surface area contributed by atoms with E-state index in [9.17, 15) is 0 Å². The lowest BCUT2D eigenvalue weighted by Gasteiger charge is -2.08. The molecule has 4 aromatic rings. The van der Waals surface area contributed by atoms with Gasteiger partial charge in [-0.3, -0.25) is 0 Å². The van der Waals surface area contributed by atoms with Crippen LogP contribution in [0.2, 0.25) is 5.02 Å². The third kappa shape index (κ3) is 3.06. The zero-order valence-electron chi connectivity index (χ0n) is 13.6. The number of aryl methyl sites for hydroxylation is 1. The van der Waals surface area contributed by atoms with Crippen LogP contribution in [0, 0.1) is 6.92 Å². The summed E-state index contributed by atoms with van der Waals surface area (Å²) < 4.78 is 1.77. The van der Waals surface area contributed by atoms with E-state index < -0.39 is 0 Å². The maximum absolute atomic E-state index is 6.24. The second-order valence-electron chi connectivity index (χ2n) is 5.79. The minimum atomic E-state index is 0.689. The zero-order valence-corrected chi connectivity index (χ0v) is 14.4. The van der Waals surface area contributed by atoms with Gasteiger partial charge in [0.1, 0.15) is 12.1 Å². The minimum Gasteiger partial charge on any atom is -0.365 e. The van der Waals surface area contributed by atoms with Gasteiger partial charge in [0.15, 0.2) is 5.65 Å². The number of aromatic nitrogens is 4. The zero-order chi connectivity index (χ0) is 17.2. The second-order valence-corrected chi connectivity index (χ2v) is 6.20. The molecule has 0 aliphatic heterocycles. The molecule has 1 N–H and O–H groups in total. The lowest BCUT2D eigenvalue weighted by atomic mass is 10.2. The molecule has 0 atom stereocenters. The Labute approximate surface area is 150 Å². The average Bonchev–Trinajstić information content (AvgIpc) is 3.08. The van der Waals surface area contributed by atoms with E-state index in [0.717, 1.165) is 28.1 Å². The van der Waals surface area contributed by atoms with E-state index in [-0.39, 0.29) is 0 Å². The van der Waals surface area contributed by atoms with Gasteiger partial charge in [0, 0.05) is 11.6 Å². The van der Waals surface area contributed by atoms with Gasteiger partial charge in [-0.1, -0.05) is 48.0 Å². The SMILES string of the molecule is Cc1ccc(-n2ncc3c(NCc4ccccc4)ncnc32)cc1Cl. The highest BCUT2D eigenvalue weighted by atomic mass is 35.5. The van der Waals surface area contributed by atoms with Crippen LogP contribution in [0.3, 0.4) is 0 Å². The highest BCUT2D eigenvalue weighted by molar-refractivity contribution is 6.31. The molecule has 2 aromatic heterocycles. The summed E-state index contributed by atoms with van der Waals surface area (Å²) in [5.74, 6) is 0.762. The first kappa shape index (κ1) is 15.6. The quantitative estimate of drug-likeness (QED) is 0.593. The van der Waals surface area contributed by atoms with E-state index >= 15 is 0 Å². The summed E-state index contributed by atoms with van der Waals surface area (Å²) in [4.78, 5) is 8.75. The predicted octanol–water partition coefficient (Wildman–Crippen LogP) is 4.39. The first-order valence-electron chi connectivity index (χ1n) is 7.95. The summed E-state index contributed by atoms with van der Waals surface area (Å²) in [6, 6.07) is 16.0. The van der Waals surface area contributed by atoms with Crippen LogP contribution in [-0.2, 0) is 6.54 Å². The van der Waals surface area contributed by atoms with Gasteiger partial charge in [0.2, 0.25) is 0 Å². The lowest BCUT2D eigenvalue weighted by molar-refractivity contribution is 0.894. The van der Waals surface area contributed by atoms with Gasteiger partial charge in [0.25, 0.3) is 0 Å². The molecule has 0 saturated carbocycles. The highest BCUT2D eigenvalue weighted by Crippen LogP contribution is 2.24. The normalized spacial score (nSPS) is 11.0. The van der Waals surface area contributed by atoms with Crippen molar-refractivity contribution in [3.05, 3.63) is 77.2 Å². The Hall–Kier alpha value is -2.92. The van der Waals surface area contributed by atoms with Crippen LogP contribution < -0.4 is 5.32 Å². The fourth-order valence-electron chi connectivity index (χ4n) is 2.67. The Balaban J connectivity index is 1.69. The summed E-state index contributed by atoms with van der Waals surface area (Å²) in [5, 5.41) is 9.40. The smallest absolute Gasteiger partial charge is 0.168 e. The van der Waals surface area contributed by atoms with Crippen LogP contribution in [0.4, 0.5) is 5.82 Å². The van der Waals surface area contributed by atoms with Gasteiger partial charge >= 0.3 is 0 Å². The van der Waals surface area contributed by atoms with Crippen LogP contribution in [0.15, 0.2) is 61.1 Å². The molecular weight excluding hydrogens is 334 g/mol. The maximum Gasteiger partial charge on any atom is 0.168 e. The number of anilines is 1. The summed E-state index contributed by atoms with van der Waals surface area (Å²) in [6.45, 7) is 2.66. The molecule has 0 bridgehead atoms. The van der Waals surface area contributed by atoms with E-state index in [1.165, 1.54) is 5.56 Å². The fourth-order valence-corrected chi connectivity index (χ4v) is 2.84. The van der Waals surface area contributed by atoms with E-state index in [2.05, 4.69) is 32.5 Å². The fraction of sp³-hybridized carbons (Fsp3) is 0.105. The number of halogens is 1. The Bertz CT molecular complexity index is 1030. The first-order valence-corrected chi connectivity index (χ1v) is 8.33. The molecule has 6 heteroatoms. The van der Waals surface area contributed by atoms with Crippen LogP contribution >= 0.6 is 11.6 Å². The van der Waals surface area contributed by atoms with Gasteiger partial charge in [-0.25, -0.2) is 14.6 Å². The number of nitrogens with one attached hydrogen (secondary N) is 1. The van der Waals surface area contributed by atoms with Crippen molar-refractivity contribution >= 4 is 28.5 Å². The molecule has 5 nitrogen and oxygen atoms in total. The molecule has 0 aliphatic rings. The number of nitrogens with zero attached hydrogens (tertiary/aromatic N) is 4. The number of hydrogen-bond donors (Lipinski definition) is 1. The van der Waals surface area contributed by atoms with Crippen molar-refractivity contribution in [1.82, 2.24) is 19.7 Å². The largest absolute Gasteiger partial charge is 0.365 e. The van der Waals surface area contributed by atoms with E-state index in [4.69, 9.17) is 11.6 Å². The predicted molar refractivity (Wildman–Crippen MR) is 100 cm³/mol. The third-order valence-corrected chi connectivity index (χ3v) is 4.48. The van der Waals surface area contributed by atoms with Gasteiger partial charge in [-0.2, -0.15) is 5.10 Å². The Morgan fingerprint density at radius 1 is 1.08 bits per heavy atom. The van der Waals surface area contributed by atoms with Gasteiger partial charge < -0.3 is 5.32 Å². The first-order chi connectivity index (χ1) is 12.2. The van der Waals surface area contributed by atoms with E-state index in [1.54, 1.807) is 17.2 Å². The van der Waals surface area contributed by atoms with Gasteiger partial charge in [0.05, 0.1) is 17.3 Å². The highest BCUT2D eigenvalue weighted by Gasteiger charge is 2.11. The lowest BCUT2D eigenvalue weighted by Crippen LogP contribution is -2.03. The Morgan fingerprint density at radius 2 is 1.92 bits per heavy atom. The number of fused-ring (bicyclic) bond motifs is 1. The molecule has 0 unspecified atom stereocenters. The average molecular weight is 350 g/mol. The van der Waals surface area contributed by atoms with Crippen molar-refractivity contribution in [1.29, 1.82) is 0 Å². The number of benzene rings is 2. The van der Waals surface area contributed by atoms with Crippen LogP contribution in [0.25, 0.3) is 16.7 Å². The van der Waals surface area contributed by atoms with Gasteiger partial charge in [-0.05, 0) is 30.2 Å². The van der Waals surface area contributed by atoms with E-state index in [1.807, 2.05) is 43.3 Å². The second kappa shape index (κ2) is 6.53. The summed E-state index contributed by atoms with van der Waals surface area (Å²) in [6.07, 6.45) is 3.32. The molecule has 4 rings (SSSR count). The van der Waals surface area contributed by atoms with Crippen molar-refractivity contribution in [3.8, 4) is 5.69 Å². The maximum atomic E-state index is 6.24. The molecular formula is C19H16ClN5. The van der Waals surface area contributed by atoms with Crippen molar-refractivity contribution in [2.24, 2.45) is 0 Å². The topological polar surface area (TPSA) is 55.6 Å².